The normalized spacial score (nSPS) is 11.6. The van der Waals surface area contributed by atoms with Crippen molar-refractivity contribution in [2.45, 2.75) is 25.3 Å². The first kappa shape index (κ1) is 23.4. The van der Waals surface area contributed by atoms with Gasteiger partial charge in [0, 0.05) is 5.02 Å². The second-order valence-corrected chi connectivity index (χ2v) is 9.35. The molecule has 0 spiro atoms. The van der Waals surface area contributed by atoms with Crippen molar-refractivity contribution < 1.29 is 17.9 Å². The molecular formula is C25H22ClNO4S. The van der Waals surface area contributed by atoms with E-state index in [-0.39, 0.29) is 9.80 Å². The number of aryl methyl sites for hydroxylation is 1. The third-order valence-electron chi connectivity index (χ3n) is 4.60. The highest BCUT2D eigenvalue weighted by molar-refractivity contribution is 7.95. The van der Waals surface area contributed by atoms with Crippen LogP contribution < -0.4 is 9.47 Å². The molecule has 0 aliphatic heterocycles. The first-order valence-corrected chi connectivity index (χ1v) is 11.8. The standard InChI is InChI=1S/C25H22ClNO4S/c1-3-30-25-15-20(8-13-24(25)31-17-19-6-9-21(26)10-7-19)14-23(16-27)32(28,29)22-11-4-18(2)5-12-22/h4-15H,3,17H2,1-2H3/b23-14+. The van der Waals surface area contributed by atoms with Crippen LogP contribution in [0.5, 0.6) is 11.5 Å². The third kappa shape index (κ3) is 5.70. The summed E-state index contributed by atoms with van der Waals surface area (Å²) >= 11 is 5.91. The fraction of sp³-hybridized carbons (Fsp3) is 0.160. The number of sulfone groups is 1. The largest absolute Gasteiger partial charge is 0.490 e. The Kier molecular flexibility index (Phi) is 7.57. The highest BCUT2D eigenvalue weighted by Crippen LogP contribution is 2.31. The Bertz CT molecular complexity index is 1260. The van der Waals surface area contributed by atoms with Gasteiger partial charge in [-0.15, -0.1) is 0 Å². The highest BCUT2D eigenvalue weighted by atomic mass is 35.5. The molecule has 0 aromatic heterocycles. The molecule has 3 rings (SSSR count). The molecule has 32 heavy (non-hydrogen) atoms. The molecule has 0 atom stereocenters. The summed E-state index contributed by atoms with van der Waals surface area (Å²) in [7, 11) is -3.93. The van der Waals surface area contributed by atoms with Crippen LogP contribution in [0.3, 0.4) is 0 Å². The van der Waals surface area contributed by atoms with Gasteiger partial charge >= 0.3 is 0 Å². The maximum Gasteiger partial charge on any atom is 0.216 e. The molecular weight excluding hydrogens is 446 g/mol. The van der Waals surface area contributed by atoms with E-state index in [9.17, 15) is 13.7 Å². The van der Waals surface area contributed by atoms with E-state index in [0.29, 0.717) is 35.3 Å². The minimum Gasteiger partial charge on any atom is -0.490 e. The van der Waals surface area contributed by atoms with E-state index in [0.717, 1.165) is 11.1 Å². The Hall–Kier alpha value is -3.27. The van der Waals surface area contributed by atoms with Crippen LogP contribution in [0, 0.1) is 18.3 Å². The number of halogens is 1. The number of hydrogen-bond acceptors (Lipinski definition) is 5. The maximum absolute atomic E-state index is 12.9. The van der Waals surface area contributed by atoms with Gasteiger partial charge < -0.3 is 9.47 Å². The summed E-state index contributed by atoms with van der Waals surface area (Å²) in [5.41, 5.74) is 2.39. The second-order valence-electron chi connectivity index (χ2n) is 6.99. The van der Waals surface area contributed by atoms with Crippen molar-refractivity contribution in [2.75, 3.05) is 6.61 Å². The molecule has 0 unspecified atom stereocenters. The van der Waals surface area contributed by atoms with E-state index in [1.807, 2.05) is 32.0 Å². The molecule has 5 nitrogen and oxygen atoms in total. The smallest absolute Gasteiger partial charge is 0.216 e. The van der Waals surface area contributed by atoms with E-state index in [1.54, 1.807) is 42.5 Å². The first-order chi connectivity index (χ1) is 15.3. The monoisotopic (exact) mass is 467 g/mol. The van der Waals surface area contributed by atoms with Crippen molar-refractivity contribution in [3.05, 3.63) is 93.3 Å². The zero-order chi connectivity index (χ0) is 23.1. The van der Waals surface area contributed by atoms with Crippen molar-refractivity contribution in [3.63, 3.8) is 0 Å². The quantitative estimate of drug-likeness (QED) is 0.382. The van der Waals surface area contributed by atoms with Crippen LogP contribution in [0.2, 0.25) is 5.02 Å². The average Bonchev–Trinajstić information content (AvgIpc) is 2.78. The van der Waals surface area contributed by atoms with E-state index in [4.69, 9.17) is 21.1 Å². The number of rotatable bonds is 8. The van der Waals surface area contributed by atoms with E-state index in [1.165, 1.54) is 18.2 Å². The zero-order valence-corrected chi connectivity index (χ0v) is 19.3. The summed E-state index contributed by atoms with van der Waals surface area (Å²) < 4.78 is 37.3. The molecule has 7 heteroatoms. The van der Waals surface area contributed by atoms with Crippen molar-refractivity contribution in [2.24, 2.45) is 0 Å². The number of hydrogen-bond donors (Lipinski definition) is 0. The van der Waals surface area contributed by atoms with Gasteiger partial charge in [-0.05, 0) is 67.4 Å². The third-order valence-corrected chi connectivity index (χ3v) is 6.54. The van der Waals surface area contributed by atoms with Crippen molar-refractivity contribution in [1.29, 1.82) is 5.26 Å². The van der Waals surface area contributed by atoms with Gasteiger partial charge in [0.25, 0.3) is 0 Å². The van der Waals surface area contributed by atoms with Gasteiger partial charge in [0.05, 0.1) is 11.5 Å². The molecule has 0 bridgehead atoms. The first-order valence-electron chi connectivity index (χ1n) is 9.91. The fourth-order valence-corrected chi connectivity index (χ4v) is 4.20. The van der Waals surface area contributed by atoms with Gasteiger partial charge in [0.1, 0.15) is 17.6 Å². The van der Waals surface area contributed by atoms with Gasteiger partial charge in [-0.1, -0.05) is 47.5 Å². The molecule has 164 valence electrons. The van der Waals surface area contributed by atoms with Crippen LogP contribution in [-0.4, -0.2) is 15.0 Å². The molecule has 0 aliphatic rings. The Labute approximate surface area is 193 Å². The predicted octanol–water partition coefficient (Wildman–Crippen LogP) is 5.96. The lowest BCUT2D eigenvalue weighted by Crippen LogP contribution is -2.04. The van der Waals surface area contributed by atoms with E-state index >= 15 is 0 Å². The number of ether oxygens (including phenoxy) is 2. The van der Waals surface area contributed by atoms with Crippen LogP contribution in [-0.2, 0) is 16.4 Å². The summed E-state index contributed by atoms with van der Waals surface area (Å²) in [6.07, 6.45) is 1.33. The van der Waals surface area contributed by atoms with Crippen molar-refractivity contribution in [1.82, 2.24) is 0 Å². The number of nitriles is 1. The Morgan fingerprint density at radius 1 is 1.00 bits per heavy atom. The van der Waals surface area contributed by atoms with Crippen LogP contribution in [0.25, 0.3) is 6.08 Å². The minimum absolute atomic E-state index is 0.0730. The molecule has 0 heterocycles. The molecule has 0 radical (unpaired) electrons. The summed E-state index contributed by atoms with van der Waals surface area (Å²) in [5.74, 6) is 0.971. The fourth-order valence-electron chi connectivity index (χ4n) is 2.91. The molecule has 0 amide bonds. The SMILES string of the molecule is CCOc1cc(/C=C(\C#N)S(=O)(=O)c2ccc(C)cc2)ccc1OCc1ccc(Cl)cc1. The Morgan fingerprint density at radius 3 is 2.31 bits per heavy atom. The minimum atomic E-state index is -3.93. The predicted molar refractivity (Wildman–Crippen MR) is 125 cm³/mol. The summed E-state index contributed by atoms with van der Waals surface area (Å²) in [6.45, 7) is 4.42. The zero-order valence-electron chi connectivity index (χ0n) is 17.7. The topological polar surface area (TPSA) is 76.4 Å². The van der Waals surface area contributed by atoms with E-state index < -0.39 is 9.84 Å². The van der Waals surface area contributed by atoms with Crippen LogP contribution in [0.4, 0.5) is 0 Å². The van der Waals surface area contributed by atoms with Crippen LogP contribution >= 0.6 is 11.6 Å². The molecule has 0 fully saturated rings. The number of benzene rings is 3. The lowest BCUT2D eigenvalue weighted by molar-refractivity contribution is 0.269. The van der Waals surface area contributed by atoms with Crippen LogP contribution in [0.15, 0.2) is 76.5 Å². The van der Waals surface area contributed by atoms with Gasteiger partial charge in [-0.25, -0.2) is 8.42 Å². The van der Waals surface area contributed by atoms with Gasteiger partial charge in [0.15, 0.2) is 11.5 Å². The van der Waals surface area contributed by atoms with Crippen molar-refractivity contribution >= 4 is 27.5 Å². The Balaban J connectivity index is 1.88. The lowest BCUT2D eigenvalue weighted by atomic mass is 10.2. The number of allylic oxidation sites excluding steroid dienone is 1. The molecule has 0 saturated heterocycles. The summed E-state index contributed by atoms with van der Waals surface area (Å²) in [4.78, 5) is -0.275. The van der Waals surface area contributed by atoms with Gasteiger partial charge in [-0.3, -0.25) is 0 Å². The average molecular weight is 468 g/mol. The molecule has 0 saturated carbocycles. The molecule has 0 aliphatic carbocycles. The van der Waals surface area contributed by atoms with Crippen LogP contribution in [0.1, 0.15) is 23.6 Å². The van der Waals surface area contributed by atoms with E-state index in [2.05, 4.69) is 0 Å². The maximum atomic E-state index is 12.9. The Morgan fingerprint density at radius 2 is 1.69 bits per heavy atom. The van der Waals surface area contributed by atoms with Gasteiger partial charge in [0.2, 0.25) is 9.84 Å². The lowest BCUT2D eigenvalue weighted by Gasteiger charge is -2.13. The summed E-state index contributed by atoms with van der Waals surface area (Å²) in [5, 5.41) is 10.2. The van der Waals surface area contributed by atoms with Gasteiger partial charge in [-0.2, -0.15) is 5.26 Å². The molecule has 3 aromatic rings. The number of nitrogens with zero attached hydrogens (tertiary/aromatic N) is 1. The molecule has 0 N–H and O–H groups in total. The second kappa shape index (κ2) is 10.4. The highest BCUT2D eigenvalue weighted by Gasteiger charge is 2.21. The summed E-state index contributed by atoms with van der Waals surface area (Å²) in [6, 6.07) is 20.5. The van der Waals surface area contributed by atoms with Crippen molar-refractivity contribution in [3.8, 4) is 17.6 Å². The molecule has 3 aromatic carbocycles.